The van der Waals surface area contributed by atoms with E-state index in [1.54, 1.807) is 32.4 Å². The van der Waals surface area contributed by atoms with Crippen molar-refractivity contribution < 1.29 is 23.9 Å². The molecule has 0 aliphatic carbocycles. The van der Waals surface area contributed by atoms with E-state index < -0.39 is 5.91 Å². The summed E-state index contributed by atoms with van der Waals surface area (Å²) < 4.78 is 13.4. The van der Waals surface area contributed by atoms with Crippen molar-refractivity contribution in [3.05, 3.63) is 52.8 Å². The van der Waals surface area contributed by atoms with Gasteiger partial charge in [0, 0.05) is 32.1 Å². The van der Waals surface area contributed by atoms with Crippen LogP contribution in [0.3, 0.4) is 0 Å². The molecular weight excluding hydrogens is 418 g/mol. The van der Waals surface area contributed by atoms with Crippen LogP contribution in [0.15, 0.2) is 47.5 Å². The van der Waals surface area contributed by atoms with Gasteiger partial charge in [-0.05, 0) is 36.4 Å². The van der Waals surface area contributed by atoms with E-state index in [0.29, 0.717) is 29.2 Å². The highest BCUT2D eigenvalue weighted by molar-refractivity contribution is 7.16. The van der Waals surface area contributed by atoms with Crippen molar-refractivity contribution in [3.8, 4) is 5.75 Å². The van der Waals surface area contributed by atoms with Gasteiger partial charge in [0.1, 0.15) is 5.75 Å². The monoisotopic (exact) mass is 439 g/mol. The summed E-state index contributed by atoms with van der Waals surface area (Å²) in [5, 5.41) is 0. The number of nitrogens with zero attached hydrogens (tertiary/aromatic N) is 3. The number of aromatic nitrogens is 1. The molecule has 31 heavy (non-hydrogen) atoms. The maximum absolute atomic E-state index is 13.0. The minimum Gasteiger partial charge on any atom is -0.497 e. The van der Waals surface area contributed by atoms with E-state index in [9.17, 15) is 14.4 Å². The minimum atomic E-state index is -0.453. The lowest BCUT2D eigenvalue weighted by Gasteiger charge is -2.14. The molecule has 9 heteroatoms. The van der Waals surface area contributed by atoms with Gasteiger partial charge < -0.3 is 14.0 Å². The first-order valence-corrected chi connectivity index (χ1v) is 10.5. The van der Waals surface area contributed by atoms with Gasteiger partial charge in [-0.2, -0.15) is 4.99 Å². The van der Waals surface area contributed by atoms with Crippen LogP contribution in [-0.4, -0.2) is 43.1 Å². The molecular formula is C22H21N3O5S. The van der Waals surface area contributed by atoms with Gasteiger partial charge in [-0.1, -0.05) is 17.4 Å². The number of rotatable bonds is 6. The van der Waals surface area contributed by atoms with Crippen LogP contribution in [0.1, 0.15) is 23.2 Å². The largest absolute Gasteiger partial charge is 0.497 e. The number of carbonyl (C=O) groups is 3. The van der Waals surface area contributed by atoms with Gasteiger partial charge in [0.25, 0.3) is 5.91 Å². The highest BCUT2D eigenvalue weighted by Crippen LogP contribution is 2.25. The van der Waals surface area contributed by atoms with Crippen molar-refractivity contribution >= 4 is 45.0 Å². The molecule has 1 aliphatic heterocycles. The highest BCUT2D eigenvalue weighted by Gasteiger charge is 2.30. The predicted octanol–water partition coefficient (Wildman–Crippen LogP) is 2.75. The highest BCUT2D eigenvalue weighted by atomic mass is 32.1. The molecule has 3 amide bonds. The molecule has 160 valence electrons. The molecule has 8 nitrogen and oxygen atoms in total. The molecule has 1 fully saturated rings. The van der Waals surface area contributed by atoms with Crippen LogP contribution < -0.4 is 14.4 Å². The van der Waals surface area contributed by atoms with Crippen LogP contribution in [0.2, 0.25) is 0 Å². The van der Waals surface area contributed by atoms with Crippen molar-refractivity contribution in [2.45, 2.75) is 19.4 Å². The number of anilines is 1. The van der Waals surface area contributed by atoms with Crippen LogP contribution in [0.5, 0.6) is 5.75 Å². The lowest BCUT2D eigenvalue weighted by molar-refractivity contribution is -0.121. The summed E-state index contributed by atoms with van der Waals surface area (Å²) in [6.07, 6.45) is 0.373. The normalized spacial score (nSPS) is 14.6. The summed E-state index contributed by atoms with van der Waals surface area (Å²) in [5.74, 6) is -0.256. The van der Waals surface area contributed by atoms with E-state index in [2.05, 4.69) is 4.99 Å². The van der Waals surface area contributed by atoms with E-state index in [1.807, 2.05) is 22.8 Å². The Hall–Kier alpha value is -3.30. The number of amides is 3. The Bertz CT molecular complexity index is 1230. The third-order valence-corrected chi connectivity index (χ3v) is 6.05. The molecule has 2 aromatic carbocycles. The summed E-state index contributed by atoms with van der Waals surface area (Å²) in [7, 11) is 3.22. The first kappa shape index (κ1) is 21.0. The van der Waals surface area contributed by atoms with Crippen molar-refractivity contribution in [3.63, 3.8) is 0 Å². The molecule has 0 atom stereocenters. The van der Waals surface area contributed by atoms with Crippen molar-refractivity contribution in [1.29, 1.82) is 0 Å². The average Bonchev–Trinajstić information content (AvgIpc) is 3.30. The van der Waals surface area contributed by atoms with E-state index >= 15 is 0 Å². The number of hydrogen-bond acceptors (Lipinski definition) is 6. The summed E-state index contributed by atoms with van der Waals surface area (Å²) in [6, 6.07) is 12.1. The Morgan fingerprint density at radius 1 is 1.10 bits per heavy atom. The lowest BCUT2D eigenvalue weighted by Crippen LogP contribution is -2.28. The second kappa shape index (κ2) is 8.83. The molecule has 1 saturated heterocycles. The first-order chi connectivity index (χ1) is 15.0. The van der Waals surface area contributed by atoms with Crippen molar-refractivity contribution in [2.24, 2.45) is 4.99 Å². The third kappa shape index (κ3) is 4.14. The molecule has 4 rings (SSSR count). The Balaban J connectivity index is 1.74. The molecule has 1 aromatic heterocycles. The second-order valence-electron chi connectivity index (χ2n) is 6.95. The quantitative estimate of drug-likeness (QED) is 0.551. The number of fused-ring (bicyclic) bond motifs is 1. The molecule has 0 unspecified atom stereocenters. The zero-order valence-electron chi connectivity index (χ0n) is 17.2. The molecule has 3 aromatic rings. The van der Waals surface area contributed by atoms with Crippen LogP contribution in [-0.2, 0) is 20.9 Å². The maximum Gasteiger partial charge on any atom is 0.279 e. The predicted molar refractivity (Wildman–Crippen MR) is 116 cm³/mol. The fourth-order valence-corrected chi connectivity index (χ4v) is 4.54. The third-order valence-electron chi connectivity index (χ3n) is 5.01. The van der Waals surface area contributed by atoms with Gasteiger partial charge in [-0.15, -0.1) is 0 Å². The van der Waals surface area contributed by atoms with E-state index in [-0.39, 0.29) is 24.7 Å². The summed E-state index contributed by atoms with van der Waals surface area (Å²) in [5.41, 5.74) is 1.62. The van der Waals surface area contributed by atoms with E-state index in [0.717, 1.165) is 20.9 Å². The number of hydrogen-bond donors (Lipinski definition) is 0. The Morgan fingerprint density at radius 3 is 2.58 bits per heavy atom. The number of ether oxygens (including phenoxy) is 2. The van der Waals surface area contributed by atoms with Gasteiger partial charge in [-0.3, -0.25) is 19.3 Å². The molecule has 0 saturated carbocycles. The number of benzene rings is 2. The van der Waals surface area contributed by atoms with Gasteiger partial charge in [0.15, 0.2) is 4.80 Å². The Morgan fingerprint density at radius 2 is 1.87 bits per heavy atom. The molecule has 0 spiro atoms. The Kier molecular flexibility index (Phi) is 5.97. The maximum atomic E-state index is 13.0. The molecule has 0 radical (unpaired) electrons. The van der Waals surface area contributed by atoms with Gasteiger partial charge in [0.2, 0.25) is 11.8 Å². The van der Waals surface area contributed by atoms with Crippen LogP contribution in [0, 0.1) is 0 Å². The summed E-state index contributed by atoms with van der Waals surface area (Å²) in [4.78, 5) is 43.0. The summed E-state index contributed by atoms with van der Waals surface area (Å²) in [6.45, 7) is 1.000. The molecule has 2 heterocycles. The number of carbonyl (C=O) groups excluding carboxylic acids is 3. The van der Waals surface area contributed by atoms with E-state index in [1.165, 1.54) is 17.4 Å². The number of methoxy groups -OCH3 is 2. The zero-order chi connectivity index (χ0) is 22.0. The van der Waals surface area contributed by atoms with Crippen molar-refractivity contribution in [2.75, 3.05) is 25.7 Å². The standard InChI is InChI=1S/C22H21N3O5S/c1-29-11-10-24-17-7-6-16(30-2)13-18(17)31-22(24)23-21(28)14-4-3-5-15(12-14)25-19(26)8-9-20(25)27/h3-7,12-13H,8-11H2,1-2H3. The molecule has 0 N–H and O–H groups in total. The lowest BCUT2D eigenvalue weighted by atomic mass is 10.2. The second-order valence-corrected chi connectivity index (χ2v) is 7.96. The Labute approximate surface area is 182 Å². The fourth-order valence-electron chi connectivity index (χ4n) is 3.46. The molecule has 0 bridgehead atoms. The SMILES string of the molecule is COCCn1c(=NC(=O)c2cccc(N3C(=O)CCC3=O)c2)sc2cc(OC)ccc21. The molecule has 1 aliphatic rings. The van der Waals surface area contributed by atoms with Gasteiger partial charge in [-0.25, -0.2) is 0 Å². The minimum absolute atomic E-state index is 0.187. The topological polar surface area (TPSA) is 90.2 Å². The number of thiazole rings is 1. The van der Waals surface area contributed by atoms with Gasteiger partial charge in [0.05, 0.1) is 29.6 Å². The number of imide groups is 1. The smallest absolute Gasteiger partial charge is 0.279 e. The zero-order valence-corrected chi connectivity index (χ0v) is 18.0. The van der Waals surface area contributed by atoms with E-state index in [4.69, 9.17) is 9.47 Å². The van der Waals surface area contributed by atoms with Crippen LogP contribution in [0.4, 0.5) is 5.69 Å². The van der Waals surface area contributed by atoms with Gasteiger partial charge >= 0.3 is 0 Å². The summed E-state index contributed by atoms with van der Waals surface area (Å²) >= 11 is 1.38. The first-order valence-electron chi connectivity index (χ1n) is 9.73. The van der Waals surface area contributed by atoms with Crippen molar-refractivity contribution in [1.82, 2.24) is 4.57 Å². The fraction of sp³-hybridized carbons (Fsp3) is 0.273. The average molecular weight is 439 g/mol. The van der Waals surface area contributed by atoms with Crippen LogP contribution >= 0.6 is 11.3 Å². The van der Waals surface area contributed by atoms with Crippen LogP contribution in [0.25, 0.3) is 10.2 Å².